The highest BCUT2D eigenvalue weighted by molar-refractivity contribution is 7.72. The maximum Gasteiger partial charge on any atom is 0.136 e. The number of aryl methyl sites for hydroxylation is 1. The van der Waals surface area contributed by atoms with Crippen LogP contribution < -0.4 is 4.74 Å². The molecule has 0 radical (unpaired) electrons. The zero-order chi connectivity index (χ0) is 17.8. The summed E-state index contributed by atoms with van der Waals surface area (Å²) in [6, 6.07) is 11.9. The van der Waals surface area contributed by atoms with Crippen LogP contribution in [0.5, 0.6) is 5.75 Å². The largest absolute Gasteiger partial charge is 0.493 e. The van der Waals surface area contributed by atoms with Gasteiger partial charge in [0, 0.05) is 16.3 Å². The van der Waals surface area contributed by atoms with Gasteiger partial charge in [-0.2, -0.15) is 0 Å². The smallest absolute Gasteiger partial charge is 0.136 e. The Hall–Kier alpha value is -1.87. The zero-order valence-corrected chi connectivity index (χ0v) is 16.1. The number of rotatable bonds is 7. The molecule has 0 amide bonds. The minimum atomic E-state index is 0.610. The molecule has 0 aliphatic rings. The Bertz CT molecular complexity index is 926. The van der Waals surface area contributed by atoms with Gasteiger partial charge in [0.2, 0.25) is 0 Å². The predicted molar refractivity (Wildman–Crippen MR) is 108 cm³/mol. The highest BCUT2D eigenvalue weighted by Gasteiger charge is 2.13. The second-order valence-corrected chi connectivity index (χ2v) is 7.12. The third kappa shape index (κ3) is 3.72. The van der Waals surface area contributed by atoms with Crippen molar-refractivity contribution in [3.05, 3.63) is 46.5 Å². The van der Waals surface area contributed by atoms with Gasteiger partial charge in [-0.3, -0.25) is 0 Å². The molecule has 3 aromatic rings. The molecule has 3 heteroatoms. The van der Waals surface area contributed by atoms with Crippen molar-refractivity contribution in [2.45, 2.75) is 46.5 Å². The third-order valence-corrected chi connectivity index (χ3v) is 5.40. The predicted octanol–water partition coefficient (Wildman–Crippen LogP) is 7.22. The first kappa shape index (κ1) is 17.9. The van der Waals surface area contributed by atoms with Gasteiger partial charge in [-0.25, -0.2) is 0 Å². The standard InChI is InChI=1S/C22H26O2S/c1-4-6-9-16(5-2)14-23-18-12-13-20-21(15(18)3)22(25)17-10-7-8-11-19(17)24-20/h7-8,10-13,16H,4-6,9,14H2,1-3H3. The highest BCUT2D eigenvalue weighted by atomic mass is 32.1. The number of para-hydroxylation sites is 1. The first-order valence-corrected chi connectivity index (χ1v) is 9.64. The van der Waals surface area contributed by atoms with Gasteiger partial charge in [-0.05, 0) is 43.5 Å². The quantitative estimate of drug-likeness (QED) is 0.330. The normalized spacial score (nSPS) is 12.6. The van der Waals surface area contributed by atoms with Crippen molar-refractivity contribution >= 4 is 34.2 Å². The van der Waals surface area contributed by atoms with Crippen molar-refractivity contribution < 1.29 is 9.15 Å². The van der Waals surface area contributed by atoms with Crippen molar-refractivity contribution in [1.29, 1.82) is 0 Å². The third-order valence-electron chi connectivity index (χ3n) is 4.97. The SMILES string of the molecule is CCCCC(CC)COc1ccc2oc3ccccc3c(=S)c2c1C. The van der Waals surface area contributed by atoms with Crippen molar-refractivity contribution in [2.24, 2.45) is 5.92 Å². The van der Waals surface area contributed by atoms with Crippen molar-refractivity contribution in [1.82, 2.24) is 0 Å². The number of benzene rings is 2. The number of unbranched alkanes of at least 4 members (excludes halogenated alkanes) is 1. The summed E-state index contributed by atoms with van der Waals surface area (Å²) in [6.45, 7) is 7.31. The molecule has 2 nitrogen and oxygen atoms in total. The lowest BCUT2D eigenvalue weighted by molar-refractivity contribution is 0.232. The molecule has 2 aromatic carbocycles. The minimum Gasteiger partial charge on any atom is -0.493 e. The number of fused-ring (bicyclic) bond motifs is 2. The average molecular weight is 355 g/mol. The fraction of sp³-hybridized carbons (Fsp3) is 0.409. The molecule has 1 atom stereocenters. The van der Waals surface area contributed by atoms with Gasteiger partial charge in [0.15, 0.2) is 0 Å². The summed E-state index contributed by atoms with van der Waals surface area (Å²) in [7, 11) is 0. The molecule has 0 bridgehead atoms. The van der Waals surface area contributed by atoms with E-state index in [2.05, 4.69) is 20.8 Å². The monoisotopic (exact) mass is 354 g/mol. The molecule has 0 spiro atoms. The van der Waals surface area contributed by atoms with Crippen molar-refractivity contribution in [2.75, 3.05) is 6.61 Å². The summed E-state index contributed by atoms with van der Waals surface area (Å²) < 4.78 is 13.1. The molecule has 0 saturated heterocycles. The molecule has 1 heterocycles. The molecular formula is C22H26O2S. The van der Waals surface area contributed by atoms with Gasteiger partial charge in [0.25, 0.3) is 0 Å². The zero-order valence-electron chi connectivity index (χ0n) is 15.3. The average Bonchev–Trinajstić information content (AvgIpc) is 2.63. The molecule has 0 fully saturated rings. The van der Waals surface area contributed by atoms with E-state index in [1.54, 1.807) is 0 Å². The fourth-order valence-corrected chi connectivity index (χ4v) is 3.72. The van der Waals surface area contributed by atoms with E-state index in [0.717, 1.165) is 50.8 Å². The molecule has 0 aliphatic heterocycles. The summed E-state index contributed by atoms with van der Waals surface area (Å²) >= 11 is 5.74. The number of hydrogen-bond donors (Lipinski definition) is 0. The summed E-state index contributed by atoms with van der Waals surface area (Å²) in [6.07, 6.45) is 4.88. The molecule has 1 unspecified atom stereocenters. The molecule has 1 aromatic heterocycles. The van der Waals surface area contributed by atoms with Gasteiger partial charge < -0.3 is 9.15 Å². The summed E-state index contributed by atoms with van der Waals surface area (Å²) in [5, 5.41) is 1.98. The lowest BCUT2D eigenvalue weighted by Gasteiger charge is -2.17. The Balaban J connectivity index is 1.95. The number of hydrogen-bond acceptors (Lipinski definition) is 3. The van der Waals surface area contributed by atoms with Crippen LogP contribution in [-0.2, 0) is 0 Å². The maximum absolute atomic E-state index is 6.17. The van der Waals surface area contributed by atoms with Crippen LogP contribution >= 0.6 is 12.2 Å². The lowest BCUT2D eigenvalue weighted by atomic mass is 10.0. The van der Waals surface area contributed by atoms with Crippen LogP contribution in [0.2, 0.25) is 0 Å². The van der Waals surface area contributed by atoms with Crippen LogP contribution in [0.25, 0.3) is 21.9 Å². The summed E-state index contributed by atoms with van der Waals surface area (Å²) in [5.74, 6) is 1.53. The van der Waals surface area contributed by atoms with Crippen molar-refractivity contribution in [3.63, 3.8) is 0 Å². The Morgan fingerprint density at radius 3 is 2.64 bits per heavy atom. The van der Waals surface area contributed by atoms with E-state index in [1.165, 1.54) is 19.3 Å². The Morgan fingerprint density at radius 2 is 1.88 bits per heavy atom. The fourth-order valence-electron chi connectivity index (χ4n) is 3.29. The summed E-state index contributed by atoms with van der Waals surface area (Å²) in [4.78, 5) is 0. The van der Waals surface area contributed by atoms with Crippen LogP contribution in [0.15, 0.2) is 40.8 Å². The van der Waals surface area contributed by atoms with Gasteiger partial charge in [0.1, 0.15) is 16.9 Å². The lowest BCUT2D eigenvalue weighted by Crippen LogP contribution is -2.11. The van der Waals surface area contributed by atoms with Gasteiger partial charge >= 0.3 is 0 Å². The van der Waals surface area contributed by atoms with Gasteiger partial charge in [-0.1, -0.05) is 57.5 Å². The van der Waals surface area contributed by atoms with E-state index >= 15 is 0 Å². The van der Waals surface area contributed by atoms with Gasteiger partial charge in [-0.15, -0.1) is 0 Å². The van der Waals surface area contributed by atoms with E-state index in [4.69, 9.17) is 21.4 Å². The number of ether oxygens (including phenoxy) is 1. The molecule has 3 rings (SSSR count). The van der Waals surface area contributed by atoms with E-state index in [0.29, 0.717) is 5.92 Å². The molecule has 0 saturated carbocycles. The summed E-state index contributed by atoms with van der Waals surface area (Å²) in [5.41, 5.74) is 2.73. The van der Waals surface area contributed by atoms with E-state index in [-0.39, 0.29) is 0 Å². The van der Waals surface area contributed by atoms with Crippen LogP contribution in [0.4, 0.5) is 0 Å². The van der Waals surface area contributed by atoms with Crippen LogP contribution in [0.1, 0.15) is 45.1 Å². The highest BCUT2D eigenvalue weighted by Crippen LogP contribution is 2.32. The van der Waals surface area contributed by atoms with E-state index in [1.807, 2.05) is 36.4 Å². The van der Waals surface area contributed by atoms with E-state index < -0.39 is 0 Å². The first-order valence-electron chi connectivity index (χ1n) is 9.23. The van der Waals surface area contributed by atoms with E-state index in [9.17, 15) is 0 Å². The second kappa shape index (κ2) is 8.01. The van der Waals surface area contributed by atoms with Gasteiger partial charge in [0.05, 0.1) is 11.1 Å². The maximum atomic E-state index is 6.17. The van der Waals surface area contributed by atoms with Crippen LogP contribution in [0, 0.1) is 17.4 Å². The van der Waals surface area contributed by atoms with Crippen LogP contribution in [-0.4, -0.2) is 6.61 Å². The Morgan fingerprint density at radius 1 is 1.08 bits per heavy atom. The van der Waals surface area contributed by atoms with Crippen molar-refractivity contribution in [3.8, 4) is 5.75 Å². The Labute approximate surface area is 154 Å². The molecule has 0 aliphatic carbocycles. The topological polar surface area (TPSA) is 22.4 Å². The molecular weight excluding hydrogens is 328 g/mol. The minimum absolute atomic E-state index is 0.610. The second-order valence-electron chi connectivity index (χ2n) is 6.72. The Kier molecular flexibility index (Phi) is 5.74. The molecule has 0 N–H and O–H groups in total. The molecule has 132 valence electrons. The molecule has 25 heavy (non-hydrogen) atoms. The van der Waals surface area contributed by atoms with Crippen LogP contribution in [0.3, 0.4) is 0 Å². The first-order chi connectivity index (χ1) is 12.2.